The van der Waals surface area contributed by atoms with E-state index in [4.69, 9.17) is 4.74 Å². The lowest BCUT2D eigenvalue weighted by atomic mass is 10.1. The molecule has 0 saturated heterocycles. The highest BCUT2D eigenvalue weighted by Crippen LogP contribution is 2.31. The van der Waals surface area contributed by atoms with E-state index < -0.39 is 17.5 Å². The Hall–Kier alpha value is -3.16. The number of ether oxygens (including phenoxy) is 1. The third-order valence-corrected chi connectivity index (χ3v) is 5.02. The second kappa shape index (κ2) is 8.46. The van der Waals surface area contributed by atoms with Crippen molar-refractivity contribution in [3.63, 3.8) is 0 Å². The number of anilines is 1. The van der Waals surface area contributed by atoms with Crippen molar-refractivity contribution >= 4 is 23.1 Å². The summed E-state index contributed by atoms with van der Waals surface area (Å²) in [4.78, 5) is 35.7. The van der Waals surface area contributed by atoms with E-state index in [1.54, 1.807) is 6.07 Å². The number of nitro groups is 1. The van der Waals surface area contributed by atoms with Crippen molar-refractivity contribution < 1.29 is 19.2 Å². The van der Waals surface area contributed by atoms with Gasteiger partial charge in [-0.25, -0.2) is 4.79 Å². The van der Waals surface area contributed by atoms with Crippen LogP contribution < -0.4 is 5.32 Å². The summed E-state index contributed by atoms with van der Waals surface area (Å²) >= 11 is 0. The average molecular weight is 399 g/mol. The highest BCUT2D eigenvalue weighted by molar-refractivity contribution is 6.00. The van der Waals surface area contributed by atoms with E-state index in [2.05, 4.69) is 16.8 Å². The number of aromatic nitrogens is 1. The first-order valence-electron chi connectivity index (χ1n) is 9.73. The van der Waals surface area contributed by atoms with Crippen molar-refractivity contribution in [3.8, 4) is 0 Å². The molecule has 0 bridgehead atoms. The van der Waals surface area contributed by atoms with Gasteiger partial charge in [-0.3, -0.25) is 14.9 Å². The second-order valence-electron chi connectivity index (χ2n) is 7.34. The van der Waals surface area contributed by atoms with Gasteiger partial charge in [0.1, 0.15) is 5.69 Å². The van der Waals surface area contributed by atoms with Gasteiger partial charge in [0.2, 0.25) is 5.78 Å². The van der Waals surface area contributed by atoms with Crippen LogP contribution in [0.1, 0.15) is 58.3 Å². The second-order valence-corrected chi connectivity index (χ2v) is 7.34. The molecule has 0 unspecified atom stereocenters. The highest BCUT2D eigenvalue weighted by Gasteiger charge is 2.26. The van der Waals surface area contributed by atoms with Gasteiger partial charge in [0.15, 0.2) is 6.61 Å². The molecule has 1 saturated carbocycles. The van der Waals surface area contributed by atoms with Crippen molar-refractivity contribution in [1.82, 2.24) is 4.57 Å². The maximum Gasteiger partial charge on any atom is 0.338 e. The first kappa shape index (κ1) is 20.6. The van der Waals surface area contributed by atoms with E-state index >= 15 is 0 Å². The first-order valence-corrected chi connectivity index (χ1v) is 9.73. The summed E-state index contributed by atoms with van der Waals surface area (Å²) in [7, 11) is 0. The molecule has 1 aromatic carbocycles. The summed E-state index contributed by atoms with van der Waals surface area (Å²) in [6.07, 6.45) is 2.90. The minimum Gasteiger partial charge on any atom is -0.454 e. The van der Waals surface area contributed by atoms with Crippen LogP contribution in [0.4, 0.5) is 11.4 Å². The van der Waals surface area contributed by atoms with Crippen LogP contribution >= 0.6 is 0 Å². The molecule has 1 fully saturated rings. The Morgan fingerprint density at radius 2 is 2.00 bits per heavy atom. The smallest absolute Gasteiger partial charge is 0.338 e. The zero-order valence-corrected chi connectivity index (χ0v) is 16.9. The van der Waals surface area contributed by atoms with Crippen LogP contribution in [-0.2, 0) is 11.3 Å². The molecule has 0 aliphatic heterocycles. The van der Waals surface area contributed by atoms with E-state index in [0.29, 0.717) is 11.3 Å². The van der Waals surface area contributed by atoms with Gasteiger partial charge < -0.3 is 14.6 Å². The molecule has 2 aromatic rings. The highest BCUT2D eigenvalue weighted by atomic mass is 16.6. The van der Waals surface area contributed by atoms with Crippen molar-refractivity contribution in [1.29, 1.82) is 0 Å². The van der Waals surface area contributed by atoms with E-state index in [1.165, 1.54) is 18.2 Å². The van der Waals surface area contributed by atoms with Gasteiger partial charge >= 0.3 is 5.97 Å². The first-order chi connectivity index (χ1) is 13.8. The molecule has 0 amide bonds. The van der Waals surface area contributed by atoms with Gasteiger partial charge in [0.05, 0.1) is 10.5 Å². The summed E-state index contributed by atoms with van der Waals surface area (Å²) in [5, 5.41) is 14.4. The topological polar surface area (TPSA) is 103 Å². The normalized spacial score (nSPS) is 13.2. The van der Waals surface area contributed by atoms with Crippen LogP contribution in [0.2, 0.25) is 0 Å². The SMILES string of the molecule is CCCn1c(C)cc(C(=O)COC(=O)c2ccc(NC3CC3)c([N+](=O)[O-])c2)c1C. The van der Waals surface area contributed by atoms with Crippen LogP contribution in [0.3, 0.4) is 0 Å². The standard InChI is InChI=1S/C21H25N3O5/c1-4-9-23-13(2)10-17(14(23)3)20(25)12-29-21(26)15-5-8-18(22-16-6-7-16)19(11-15)24(27)28/h5,8,10-11,16,22H,4,6-7,9,12H2,1-3H3. The average Bonchev–Trinajstić information content (AvgIpc) is 3.46. The molecule has 1 aliphatic rings. The lowest BCUT2D eigenvalue weighted by Gasteiger charge is -2.09. The molecule has 0 radical (unpaired) electrons. The number of hydrogen-bond acceptors (Lipinski definition) is 6. The number of nitro benzene ring substituents is 1. The third-order valence-electron chi connectivity index (χ3n) is 5.02. The van der Waals surface area contributed by atoms with Crippen molar-refractivity contribution in [3.05, 3.63) is 56.9 Å². The quantitative estimate of drug-likeness (QED) is 0.295. The molecule has 8 nitrogen and oxygen atoms in total. The Labute approximate surface area is 169 Å². The van der Waals surface area contributed by atoms with Crippen LogP contribution in [0.25, 0.3) is 0 Å². The van der Waals surface area contributed by atoms with Crippen molar-refractivity contribution in [2.45, 2.75) is 52.6 Å². The number of rotatable bonds is 9. The number of benzene rings is 1. The third kappa shape index (κ3) is 4.64. The number of carbonyl (C=O) groups is 2. The minimum atomic E-state index is -0.762. The Kier molecular flexibility index (Phi) is 6.00. The van der Waals surface area contributed by atoms with Crippen LogP contribution in [-0.4, -0.2) is 33.9 Å². The molecule has 1 N–H and O–H groups in total. The maximum absolute atomic E-state index is 12.5. The van der Waals surface area contributed by atoms with E-state index in [-0.39, 0.29) is 23.1 Å². The predicted molar refractivity (Wildman–Crippen MR) is 109 cm³/mol. The fourth-order valence-corrected chi connectivity index (χ4v) is 3.32. The number of ketones is 1. The zero-order valence-electron chi connectivity index (χ0n) is 16.9. The van der Waals surface area contributed by atoms with Gasteiger partial charge in [-0.05, 0) is 51.3 Å². The summed E-state index contributed by atoms with van der Waals surface area (Å²) < 4.78 is 7.20. The molecule has 1 aliphatic carbocycles. The molecule has 0 atom stereocenters. The molecular formula is C21H25N3O5. The molecule has 29 heavy (non-hydrogen) atoms. The largest absolute Gasteiger partial charge is 0.454 e. The van der Waals surface area contributed by atoms with Gasteiger partial charge in [0, 0.05) is 35.6 Å². The van der Waals surface area contributed by atoms with E-state index in [1.807, 2.05) is 13.8 Å². The molecule has 8 heteroatoms. The van der Waals surface area contributed by atoms with Gasteiger partial charge in [-0.1, -0.05) is 6.92 Å². The molecule has 0 spiro atoms. The fourth-order valence-electron chi connectivity index (χ4n) is 3.32. The van der Waals surface area contributed by atoms with Gasteiger partial charge in [-0.2, -0.15) is 0 Å². The van der Waals surface area contributed by atoms with Crippen LogP contribution in [0.15, 0.2) is 24.3 Å². The fraction of sp³-hybridized carbons (Fsp3) is 0.429. The van der Waals surface area contributed by atoms with Crippen molar-refractivity contribution in [2.24, 2.45) is 0 Å². The van der Waals surface area contributed by atoms with Gasteiger partial charge in [0.25, 0.3) is 5.69 Å². The lowest BCUT2D eigenvalue weighted by molar-refractivity contribution is -0.384. The predicted octanol–water partition coefficient (Wildman–Crippen LogP) is 4.04. The molecule has 1 heterocycles. The van der Waals surface area contributed by atoms with Crippen molar-refractivity contribution in [2.75, 3.05) is 11.9 Å². The Balaban J connectivity index is 1.69. The summed E-state index contributed by atoms with van der Waals surface area (Å²) in [5.74, 6) is -1.06. The molecule has 154 valence electrons. The summed E-state index contributed by atoms with van der Waals surface area (Å²) in [6, 6.07) is 6.20. The summed E-state index contributed by atoms with van der Waals surface area (Å²) in [6.45, 7) is 6.27. The number of hydrogen-bond donors (Lipinski definition) is 1. The molecule has 3 rings (SSSR count). The Morgan fingerprint density at radius 1 is 1.28 bits per heavy atom. The molecule has 1 aromatic heterocycles. The van der Waals surface area contributed by atoms with E-state index in [9.17, 15) is 19.7 Å². The van der Waals surface area contributed by atoms with Crippen LogP contribution in [0, 0.1) is 24.0 Å². The monoisotopic (exact) mass is 399 g/mol. The lowest BCUT2D eigenvalue weighted by Crippen LogP contribution is -2.15. The zero-order chi connectivity index (χ0) is 21.1. The van der Waals surface area contributed by atoms with Crippen LogP contribution in [0.5, 0.6) is 0 Å². The number of nitrogens with one attached hydrogen (secondary N) is 1. The van der Waals surface area contributed by atoms with Gasteiger partial charge in [-0.15, -0.1) is 0 Å². The number of aryl methyl sites for hydroxylation is 1. The number of Topliss-reactive ketones (excluding diaryl/α,β-unsaturated/α-hetero) is 1. The van der Waals surface area contributed by atoms with E-state index in [0.717, 1.165) is 37.2 Å². The Morgan fingerprint density at radius 3 is 2.62 bits per heavy atom. The Bertz CT molecular complexity index is 959. The minimum absolute atomic E-state index is 0.0438. The summed E-state index contributed by atoms with van der Waals surface area (Å²) in [5.41, 5.74) is 2.60. The number of nitrogens with zero attached hydrogens (tertiary/aromatic N) is 2. The maximum atomic E-state index is 12.5. The number of carbonyl (C=O) groups excluding carboxylic acids is 2. The molecular weight excluding hydrogens is 374 g/mol. The number of esters is 1.